The molecule has 0 fully saturated rings. The van der Waals surface area contributed by atoms with Gasteiger partial charge in [-0.1, -0.05) is 6.08 Å². The van der Waals surface area contributed by atoms with E-state index in [2.05, 4.69) is 31.3 Å². The normalized spacial score (nSPS) is 14.2. The van der Waals surface area contributed by atoms with Crippen LogP contribution in [0.25, 0.3) is 16.7 Å². The van der Waals surface area contributed by atoms with Crippen molar-refractivity contribution in [1.29, 1.82) is 0 Å². The van der Waals surface area contributed by atoms with E-state index in [1.54, 1.807) is 13.1 Å². The highest BCUT2D eigenvalue weighted by molar-refractivity contribution is 5.87. The zero-order valence-electron chi connectivity index (χ0n) is 19.1. The second-order valence-corrected chi connectivity index (χ2v) is 8.69. The molecule has 4 rings (SSSR count). The highest BCUT2D eigenvalue weighted by Crippen LogP contribution is 2.37. The lowest BCUT2D eigenvalue weighted by atomic mass is 9.98. The standard InChI is InChI=1S/C23H27F3N6O/c1-13-29-20-17(32(13)11-18(24)25)9-14(10-27-20)15-7-5-6-8-16-19(15)21(33-4)31-22(30-16)28-12-23(2,3)26/h7,9-10,18H,5-6,8,11-12H2,1-4H3,(H,28,30,31). The molecule has 0 unspecified atom stereocenters. The first-order chi connectivity index (χ1) is 15.7. The van der Waals surface area contributed by atoms with Crippen LogP contribution in [0.1, 0.15) is 49.3 Å². The molecule has 7 nitrogen and oxygen atoms in total. The van der Waals surface area contributed by atoms with Gasteiger partial charge in [0.2, 0.25) is 11.8 Å². The van der Waals surface area contributed by atoms with Crippen LogP contribution in [-0.2, 0) is 13.0 Å². The quantitative estimate of drug-likeness (QED) is 0.549. The van der Waals surface area contributed by atoms with Crippen LogP contribution in [0.3, 0.4) is 0 Å². The van der Waals surface area contributed by atoms with Crippen molar-refractivity contribution >= 4 is 22.7 Å². The number of rotatable bonds is 7. The maximum Gasteiger partial charge on any atom is 0.256 e. The van der Waals surface area contributed by atoms with Gasteiger partial charge in [-0.2, -0.15) is 4.98 Å². The highest BCUT2D eigenvalue weighted by atomic mass is 19.3. The molecule has 10 heteroatoms. The molecule has 33 heavy (non-hydrogen) atoms. The van der Waals surface area contributed by atoms with E-state index in [-0.39, 0.29) is 6.54 Å². The minimum atomic E-state index is -2.50. The van der Waals surface area contributed by atoms with Crippen molar-refractivity contribution in [2.75, 3.05) is 19.0 Å². The van der Waals surface area contributed by atoms with Crippen LogP contribution in [0.2, 0.25) is 0 Å². The molecule has 3 heterocycles. The number of anilines is 1. The van der Waals surface area contributed by atoms with Gasteiger partial charge >= 0.3 is 0 Å². The Morgan fingerprint density at radius 2 is 2.03 bits per heavy atom. The summed E-state index contributed by atoms with van der Waals surface area (Å²) in [7, 11) is 1.52. The summed E-state index contributed by atoms with van der Waals surface area (Å²) in [5.41, 5.74) is 2.62. The zero-order valence-corrected chi connectivity index (χ0v) is 19.1. The van der Waals surface area contributed by atoms with Gasteiger partial charge in [-0.15, -0.1) is 0 Å². The molecule has 1 aliphatic rings. The van der Waals surface area contributed by atoms with Crippen LogP contribution in [0.5, 0.6) is 5.88 Å². The monoisotopic (exact) mass is 460 g/mol. The van der Waals surface area contributed by atoms with Gasteiger partial charge in [0.15, 0.2) is 5.65 Å². The predicted molar refractivity (Wildman–Crippen MR) is 121 cm³/mol. The largest absolute Gasteiger partial charge is 0.480 e. The number of aromatic nitrogens is 5. The van der Waals surface area contributed by atoms with Gasteiger partial charge in [0.05, 0.1) is 37.0 Å². The average Bonchev–Trinajstić information content (AvgIpc) is 2.92. The van der Waals surface area contributed by atoms with Crippen molar-refractivity contribution in [3.05, 3.63) is 41.0 Å². The number of aryl methyl sites for hydroxylation is 2. The van der Waals surface area contributed by atoms with E-state index < -0.39 is 18.6 Å². The topological polar surface area (TPSA) is 77.8 Å². The summed E-state index contributed by atoms with van der Waals surface area (Å²) >= 11 is 0. The van der Waals surface area contributed by atoms with Gasteiger partial charge in [0.25, 0.3) is 6.43 Å². The Bertz CT molecular complexity index is 1200. The fraction of sp³-hybridized carbons (Fsp3) is 0.478. The third kappa shape index (κ3) is 4.94. The number of pyridine rings is 1. The number of nitrogens with zero attached hydrogens (tertiary/aromatic N) is 5. The fourth-order valence-electron chi connectivity index (χ4n) is 3.97. The molecular weight excluding hydrogens is 433 g/mol. The van der Waals surface area contributed by atoms with E-state index in [9.17, 15) is 13.2 Å². The number of fused-ring (bicyclic) bond motifs is 2. The van der Waals surface area contributed by atoms with Crippen molar-refractivity contribution in [2.24, 2.45) is 0 Å². The summed E-state index contributed by atoms with van der Waals surface area (Å²) in [6.45, 7) is 4.26. The number of alkyl halides is 3. The van der Waals surface area contributed by atoms with Gasteiger partial charge in [-0.25, -0.2) is 28.1 Å². The molecule has 3 aromatic rings. The molecule has 1 aliphatic carbocycles. The average molecular weight is 461 g/mol. The lowest BCUT2D eigenvalue weighted by Crippen LogP contribution is -2.25. The number of nitrogens with one attached hydrogen (secondary N) is 1. The molecule has 0 amide bonds. The molecule has 3 aromatic heterocycles. The Kier molecular flexibility index (Phi) is 6.27. The van der Waals surface area contributed by atoms with Crippen LogP contribution in [-0.4, -0.2) is 50.3 Å². The molecule has 0 aromatic carbocycles. The lowest BCUT2D eigenvalue weighted by molar-refractivity contribution is 0.127. The molecule has 0 aliphatic heterocycles. The summed E-state index contributed by atoms with van der Waals surface area (Å²) in [6, 6.07) is 1.82. The number of methoxy groups -OCH3 is 1. The number of hydrogen-bond donors (Lipinski definition) is 1. The minimum absolute atomic E-state index is 0.0612. The van der Waals surface area contributed by atoms with Crippen molar-refractivity contribution in [1.82, 2.24) is 24.5 Å². The van der Waals surface area contributed by atoms with Crippen molar-refractivity contribution in [3.63, 3.8) is 0 Å². The first-order valence-electron chi connectivity index (χ1n) is 10.9. The maximum atomic E-state index is 14.0. The Balaban J connectivity index is 1.80. The van der Waals surface area contributed by atoms with E-state index >= 15 is 0 Å². The summed E-state index contributed by atoms with van der Waals surface area (Å²) in [4.78, 5) is 17.8. The Hall–Kier alpha value is -3.17. The molecule has 0 saturated carbocycles. The number of hydrogen-bond acceptors (Lipinski definition) is 6. The second kappa shape index (κ2) is 8.99. The Morgan fingerprint density at radius 1 is 1.24 bits per heavy atom. The first kappa shape index (κ1) is 23.0. The van der Waals surface area contributed by atoms with Gasteiger partial charge in [0.1, 0.15) is 11.5 Å². The van der Waals surface area contributed by atoms with Crippen molar-refractivity contribution in [3.8, 4) is 5.88 Å². The Morgan fingerprint density at radius 3 is 2.73 bits per heavy atom. The van der Waals surface area contributed by atoms with E-state index in [0.717, 1.165) is 35.2 Å². The maximum absolute atomic E-state index is 14.0. The Labute approximate surface area is 190 Å². The molecule has 0 spiro atoms. The lowest BCUT2D eigenvalue weighted by Gasteiger charge is -2.18. The van der Waals surface area contributed by atoms with E-state index in [0.29, 0.717) is 35.2 Å². The summed E-state index contributed by atoms with van der Waals surface area (Å²) in [5, 5.41) is 2.95. The van der Waals surface area contributed by atoms with E-state index in [1.807, 2.05) is 6.07 Å². The SMILES string of the molecule is COc1nc(NCC(C)(C)F)nc2c1C(c1cnc3nc(C)n(CC(F)F)c3c1)=CCCC2. The van der Waals surface area contributed by atoms with Gasteiger partial charge < -0.3 is 14.6 Å². The zero-order chi connectivity index (χ0) is 23.8. The summed E-state index contributed by atoms with van der Waals surface area (Å²) < 4.78 is 47.3. The highest BCUT2D eigenvalue weighted by Gasteiger charge is 2.24. The third-order valence-electron chi connectivity index (χ3n) is 5.47. The van der Waals surface area contributed by atoms with E-state index in [1.165, 1.54) is 25.5 Å². The first-order valence-corrected chi connectivity index (χ1v) is 10.9. The summed E-state index contributed by atoms with van der Waals surface area (Å²) in [5.74, 6) is 1.15. The molecule has 0 atom stereocenters. The number of halogens is 3. The molecule has 0 saturated heterocycles. The number of allylic oxidation sites excluding steroid dienone is 1. The van der Waals surface area contributed by atoms with Crippen LogP contribution >= 0.6 is 0 Å². The molecule has 1 N–H and O–H groups in total. The van der Waals surface area contributed by atoms with Crippen molar-refractivity contribution < 1.29 is 17.9 Å². The van der Waals surface area contributed by atoms with Crippen LogP contribution < -0.4 is 10.1 Å². The third-order valence-corrected chi connectivity index (χ3v) is 5.47. The van der Waals surface area contributed by atoms with Crippen molar-refractivity contribution in [2.45, 2.75) is 58.7 Å². The number of imidazole rings is 1. The van der Waals surface area contributed by atoms with Crippen LogP contribution in [0, 0.1) is 6.92 Å². The fourth-order valence-corrected chi connectivity index (χ4v) is 3.97. The van der Waals surface area contributed by atoms with Gasteiger partial charge in [0, 0.05) is 11.8 Å². The van der Waals surface area contributed by atoms with Crippen LogP contribution in [0.15, 0.2) is 18.3 Å². The van der Waals surface area contributed by atoms with Crippen LogP contribution in [0.4, 0.5) is 19.1 Å². The molecule has 0 bridgehead atoms. The van der Waals surface area contributed by atoms with Gasteiger partial charge in [-0.3, -0.25) is 0 Å². The molecular formula is C23H27F3N6O. The van der Waals surface area contributed by atoms with Gasteiger partial charge in [-0.05, 0) is 51.7 Å². The molecule has 176 valence electrons. The number of ether oxygens (including phenoxy) is 1. The predicted octanol–water partition coefficient (Wildman–Crippen LogP) is 4.73. The second-order valence-electron chi connectivity index (χ2n) is 8.69. The molecule has 0 radical (unpaired) electrons. The summed E-state index contributed by atoms with van der Waals surface area (Å²) in [6.07, 6.45) is 3.60. The van der Waals surface area contributed by atoms with E-state index in [4.69, 9.17) is 4.74 Å². The minimum Gasteiger partial charge on any atom is -0.480 e. The smallest absolute Gasteiger partial charge is 0.256 e.